The van der Waals surface area contributed by atoms with Gasteiger partial charge in [-0.05, 0) is 24.1 Å². The second-order valence-electron chi connectivity index (χ2n) is 3.64. The Labute approximate surface area is 107 Å². The second kappa shape index (κ2) is 4.11. The predicted molar refractivity (Wildman–Crippen MR) is 65.3 cm³/mol. The molecule has 1 aliphatic rings. The zero-order valence-electron chi connectivity index (χ0n) is 8.17. The van der Waals surface area contributed by atoms with Crippen LogP contribution in [0.4, 0.5) is 0 Å². The van der Waals surface area contributed by atoms with Gasteiger partial charge in [-0.3, -0.25) is 0 Å². The number of hydrogen-bond donors (Lipinski definition) is 2. The van der Waals surface area contributed by atoms with Gasteiger partial charge in [-0.15, -0.1) is 11.8 Å². The lowest BCUT2D eigenvalue weighted by Crippen LogP contribution is -2.47. The zero-order valence-corrected chi connectivity index (χ0v) is 10.5. The molecule has 1 heterocycles. The fourth-order valence-corrected chi connectivity index (χ4v) is 3.31. The van der Waals surface area contributed by atoms with Crippen LogP contribution < -0.4 is 5.73 Å². The van der Waals surface area contributed by atoms with Crippen molar-refractivity contribution in [2.75, 3.05) is 5.75 Å². The lowest BCUT2D eigenvalue weighted by molar-refractivity contribution is -0.144. The average molecular weight is 278 g/mol. The number of aliphatic carboxylic acids is 1. The molecule has 0 saturated heterocycles. The topological polar surface area (TPSA) is 63.3 Å². The van der Waals surface area contributed by atoms with Crippen LogP contribution >= 0.6 is 35.0 Å². The number of benzene rings is 1. The molecule has 0 radical (unpaired) electrons. The molecule has 0 aliphatic carbocycles. The van der Waals surface area contributed by atoms with E-state index in [2.05, 4.69) is 0 Å². The third-order valence-corrected chi connectivity index (χ3v) is 4.42. The number of thioether (sulfide) groups is 1. The van der Waals surface area contributed by atoms with Gasteiger partial charge in [0, 0.05) is 10.6 Å². The minimum Gasteiger partial charge on any atom is -0.480 e. The summed E-state index contributed by atoms with van der Waals surface area (Å²) >= 11 is 13.3. The number of halogens is 2. The van der Waals surface area contributed by atoms with Crippen LogP contribution in [0.5, 0.6) is 0 Å². The quantitative estimate of drug-likeness (QED) is 0.829. The van der Waals surface area contributed by atoms with Crippen LogP contribution in [0.25, 0.3) is 0 Å². The van der Waals surface area contributed by atoms with Gasteiger partial charge < -0.3 is 10.8 Å². The first-order chi connectivity index (χ1) is 7.45. The Balaban J connectivity index is 2.63. The minimum atomic E-state index is -1.35. The summed E-state index contributed by atoms with van der Waals surface area (Å²) in [4.78, 5) is 12.0. The fraction of sp³-hybridized carbons (Fsp3) is 0.300. The lowest BCUT2D eigenvalue weighted by Gasteiger charge is -2.31. The van der Waals surface area contributed by atoms with E-state index in [1.54, 1.807) is 23.9 Å². The van der Waals surface area contributed by atoms with Crippen molar-refractivity contribution < 1.29 is 9.90 Å². The van der Waals surface area contributed by atoms with E-state index in [-0.39, 0.29) is 0 Å². The number of carboxylic acids is 1. The van der Waals surface area contributed by atoms with Gasteiger partial charge in [-0.25, -0.2) is 4.79 Å². The van der Waals surface area contributed by atoms with E-state index in [1.807, 2.05) is 0 Å². The Morgan fingerprint density at radius 3 is 2.69 bits per heavy atom. The average Bonchev–Trinajstić information content (AvgIpc) is 2.21. The Kier molecular flexibility index (Phi) is 3.09. The molecule has 16 heavy (non-hydrogen) atoms. The Hall–Kier alpha value is -0.420. The Morgan fingerprint density at radius 1 is 1.44 bits per heavy atom. The summed E-state index contributed by atoms with van der Waals surface area (Å²) in [5.41, 5.74) is 5.11. The van der Waals surface area contributed by atoms with Gasteiger partial charge in [-0.1, -0.05) is 23.2 Å². The number of carbonyl (C=O) groups is 1. The number of hydrogen-bond acceptors (Lipinski definition) is 3. The van der Waals surface area contributed by atoms with Crippen LogP contribution in [0, 0.1) is 0 Å². The molecule has 6 heteroatoms. The van der Waals surface area contributed by atoms with Crippen LogP contribution in [0.15, 0.2) is 17.0 Å². The molecule has 0 amide bonds. The van der Waals surface area contributed by atoms with Gasteiger partial charge in [-0.2, -0.15) is 0 Å². The predicted octanol–water partition coefficient (Wildman–Crippen LogP) is 2.73. The molecular formula is C10H9Cl2NO2S. The summed E-state index contributed by atoms with van der Waals surface area (Å²) < 4.78 is 0. The highest BCUT2D eigenvalue weighted by atomic mass is 35.5. The maximum atomic E-state index is 11.2. The first-order valence-corrected chi connectivity index (χ1v) is 6.34. The van der Waals surface area contributed by atoms with E-state index in [1.165, 1.54) is 0 Å². The summed E-state index contributed by atoms with van der Waals surface area (Å²) in [5, 5.41) is 9.95. The van der Waals surface area contributed by atoms with Crippen molar-refractivity contribution in [2.45, 2.75) is 16.9 Å². The molecule has 1 aromatic carbocycles. The van der Waals surface area contributed by atoms with E-state index in [9.17, 15) is 9.90 Å². The van der Waals surface area contributed by atoms with Crippen LogP contribution in [0.3, 0.4) is 0 Å². The van der Waals surface area contributed by atoms with Crippen LogP contribution in [-0.4, -0.2) is 16.8 Å². The maximum absolute atomic E-state index is 11.2. The van der Waals surface area contributed by atoms with E-state index >= 15 is 0 Å². The van der Waals surface area contributed by atoms with Crippen LogP contribution in [-0.2, 0) is 10.3 Å². The molecule has 86 valence electrons. The van der Waals surface area contributed by atoms with Crippen molar-refractivity contribution in [3.05, 3.63) is 27.7 Å². The molecule has 3 N–H and O–H groups in total. The van der Waals surface area contributed by atoms with Gasteiger partial charge >= 0.3 is 5.97 Å². The third kappa shape index (κ3) is 1.80. The molecule has 0 aromatic heterocycles. The highest BCUT2D eigenvalue weighted by Crippen LogP contribution is 2.42. The largest absolute Gasteiger partial charge is 0.480 e. The number of nitrogens with two attached hydrogens (primary N) is 1. The summed E-state index contributed by atoms with van der Waals surface area (Å²) in [6, 6.07) is 3.23. The Bertz CT molecular complexity index is 466. The first-order valence-electron chi connectivity index (χ1n) is 4.60. The number of fused-ring (bicyclic) bond motifs is 1. The van der Waals surface area contributed by atoms with Gasteiger partial charge in [0.05, 0.1) is 10.0 Å². The molecule has 1 aromatic rings. The number of carboxylic acid groups (broad SMARTS) is 1. The molecule has 1 aliphatic heterocycles. The standard InChI is InChI=1S/C10H9Cl2NO2S/c11-6-3-5-8(4-7(6)12)16-2-1-10(5,13)9(14)15/h3-4H,1-2,13H2,(H,14,15). The van der Waals surface area contributed by atoms with Gasteiger partial charge in [0.2, 0.25) is 0 Å². The van der Waals surface area contributed by atoms with E-state index in [4.69, 9.17) is 28.9 Å². The second-order valence-corrected chi connectivity index (χ2v) is 5.59. The van der Waals surface area contributed by atoms with Gasteiger partial charge in [0.25, 0.3) is 0 Å². The third-order valence-electron chi connectivity index (χ3n) is 2.64. The summed E-state index contributed by atoms with van der Waals surface area (Å²) in [6.45, 7) is 0. The molecule has 3 nitrogen and oxygen atoms in total. The molecular weight excluding hydrogens is 269 g/mol. The molecule has 0 bridgehead atoms. The van der Waals surface area contributed by atoms with Crippen molar-refractivity contribution in [1.29, 1.82) is 0 Å². The monoisotopic (exact) mass is 277 g/mol. The minimum absolute atomic E-state index is 0.332. The summed E-state index contributed by atoms with van der Waals surface area (Å²) in [5.74, 6) is -0.374. The highest BCUT2D eigenvalue weighted by molar-refractivity contribution is 7.99. The van der Waals surface area contributed by atoms with Crippen molar-refractivity contribution in [2.24, 2.45) is 5.73 Å². The van der Waals surface area contributed by atoms with Crippen molar-refractivity contribution in [3.63, 3.8) is 0 Å². The zero-order chi connectivity index (χ0) is 11.9. The lowest BCUT2D eigenvalue weighted by atomic mass is 9.88. The molecule has 1 unspecified atom stereocenters. The summed E-state index contributed by atoms with van der Waals surface area (Å²) in [7, 11) is 0. The van der Waals surface area contributed by atoms with E-state index < -0.39 is 11.5 Å². The van der Waals surface area contributed by atoms with Crippen molar-refractivity contribution >= 4 is 40.9 Å². The Morgan fingerprint density at radius 2 is 2.06 bits per heavy atom. The highest BCUT2D eigenvalue weighted by Gasteiger charge is 2.40. The van der Waals surface area contributed by atoms with E-state index in [0.29, 0.717) is 27.8 Å². The van der Waals surface area contributed by atoms with Crippen molar-refractivity contribution in [3.8, 4) is 0 Å². The molecule has 0 saturated carbocycles. The van der Waals surface area contributed by atoms with Gasteiger partial charge in [0.1, 0.15) is 5.54 Å². The maximum Gasteiger partial charge on any atom is 0.328 e. The molecule has 1 atom stereocenters. The fourth-order valence-electron chi connectivity index (χ4n) is 1.68. The van der Waals surface area contributed by atoms with Crippen molar-refractivity contribution in [1.82, 2.24) is 0 Å². The first kappa shape index (κ1) is 12.0. The van der Waals surface area contributed by atoms with Gasteiger partial charge in [0.15, 0.2) is 0 Å². The van der Waals surface area contributed by atoms with Crippen LogP contribution in [0.1, 0.15) is 12.0 Å². The van der Waals surface area contributed by atoms with Crippen LogP contribution in [0.2, 0.25) is 10.0 Å². The molecule has 0 spiro atoms. The normalized spacial score (nSPS) is 23.9. The molecule has 0 fully saturated rings. The SMILES string of the molecule is NC1(C(=O)O)CCSc2cc(Cl)c(Cl)cc21. The smallest absolute Gasteiger partial charge is 0.328 e. The number of rotatable bonds is 1. The summed E-state index contributed by atoms with van der Waals surface area (Å²) in [6.07, 6.45) is 0.387. The molecule has 2 rings (SSSR count). The van der Waals surface area contributed by atoms with E-state index in [0.717, 1.165) is 4.90 Å².